The van der Waals surface area contributed by atoms with Gasteiger partial charge >= 0.3 is 0 Å². The number of ether oxygens (including phenoxy) is 1. The fraction of sp³-hybridized carbons (Fsp3) is 0.308. The molecule has 15 heavy (non-hydrogen) atoms. The van der Waals surface area contributed by atoms with Crippen molar-refractivity contribution >= 4 is 0 Å². The molecule has 0 radical (unpaired) electrons. The van der Waals surface area contributed by atoms with Crippen LogP contribution in [0.25, 0.3) is 0 Å². The SMILES string of the molecule is CCO/C=C/CC(C#N)c1ccccc1. The summed E-state index contributed by atoms with van der Waals surface area (Å²) in [5, 5.41) is 9.01. The van der Waals surface area contributed by atoms with E-state index in [1.165, 1.54) is 0 Å². The van der Waals surface area contributed by atoms with Crippen molar-refractivity contribution in [2.24, 2.45) is 0 Å². The largest absolute Gasteiger partial charge is 0.502 e. The monoisotopic (exact) mass is 201 g/mol. The van der Waals surface area contributed by atoms with Crippen molar-refractivity contribution in [3.05, 3.63) is 48.2 Å². The van der Waals surface area contributed by atoms with Gasteiger partial charge < -0.3 is 4.74 Å². The van der Waals surface area contributed by atoms with Crippen LogP contribution < -0.4 is 0 Å². The standard InChI is InChI=1S/C13H15NO/c1-2-15-10-6-9-13(11-14)12-7-4-3-5-8-12/h3-8,10,13H,2,9H2,1H3/b10-6+. The number of hydrogen-bond acceptors (Lipinski definition) is 2. The molecule has 1 aromatic rings. The minimum absolute atomic E-state index is 0.0806. The highest BCUT2D eigenvalue weighted by atomic mass is 16.5. The summed E-state index contributed by atoms with van der Waals surface area (Å²) in [6.07, 6.45) is 4.25. The van der Waals surface area contributed by atoms with Gasteiger partial charge in [0.1, 0.15) is 0 Å². The van der Waals surface area contributed by atoms with Crippen molar-refractivity contribution in [2.75, 3.05) is 6.61 Å². The molecule has 0 aliphatic heterocycles. The normalized spacial score (nSPS) is 12.3. The van der Waals surface area contributed by atoms with Gasteiger partial charge in [-0.15, -0.1) is 0 Å². The number of nitrogens with zero attached hydrogens (tertiary/aromatic N) is 1. The zero-order valence-corrected chi connectivity index (χ0v) is 8.89. The highest BCUT2D eigenvalue weighted by Crippen LogP contribution is 2.18. The molecule has 0 fully saturated rings. The molecule has 0 spiro atoms. The maximum absolute atomic E-state index is 9.01. The van der Waals surface area contributed by atoms with Crippen LogP contribution >= 0.6 is 0 Å². The summed E-state index contributed by atoms with van der Waals surface area (Å²) in [5.41, 5.74) is 1.06. The Bertz CT molecular complexity index is 337. The predicted molar refractivity (Wildman–Crippen MR) is 60.2 cm³/mol. The molecule has 0 aliphatic carbocycles. The second kappa shape index (κ2) is 6.67. The molecule has 0 heterocycles. The molecule has 78 valence electrons. The van der Waals surface area contributed by atoms with Crippen LogP contribution in [0.4, 0.5) is 0 Å². The van der Waals surface area contributed by atoms with Crippen molar-refractivity contribution in [3.8, 4) is 6.07 Å². The predicted octanol–water partition coefficient (Wildman–Crippen LogP) is 3.23. The van der Waals surface area contributed by atoms with Gasteiger partial charge in [-0.2, -0.15) is 5.26 Å². The van der Waals surface area contributed by atoms with Crippen LogP contribution in [0.1, 0.15) is 24.8 Å². The van der Waals surface area contributed by atoms with Crippen molar-refractivity contribution < 1.29 is 4.74 Å². The minimum Gasteiger partial charge on any atom is -0.502 e. The lowest BCUT2D eigenvalue weighted by Crippen LogP contribution is -1.93. The van der Waals surface area contributed by atoms with Crippen molar-refractivity contribution in [1.82, 2.24) is 0 Å². The third-order valence-corrected chi connectivity index (χ3v) is 2.09. The summed E-state index contributed by atoms with van der Waals surface area (Å²) in [6.45, 7) is 2.60. The molecule has 1 aromatic carbocycles. The Morgan fingerprint density at radius 3 is 2.73 bits per heavy atom. The lowest BCUT2D eigenvalue weighted by molar-refractivity contribution is 0.268. The summed E-state index contributed by atoms with van der Waals surface area (Å²) >= 11 is 0. The highest BCUT2D eigenvalue weighted by Gasteiger charge is 2.06. The van der Waals surface area contributed by atoms with Gasteiger partial charge in [0.05, 0.1) is 24.9 Å². The van der Waals surface area contributed by atoms with Gasteiger partial charge in [0.15, 0.2) is 0 Å². The van der Waals surface area contributed by atoms with E-state index in [9.17, 15) is 0 Å². The number of nitriles is 1. The molecule has 0 bridgehead atoms. The zero-order valence-electron chi connectivity index (χ0n) is 8.89. The lowest BCUT2D eigenvalue weighted by Gasteiger charge is -2.05. The van der Waals surface area contributed by atoms with Gasteiger partial charge in [0, 0.05) is 0 Å². The molecule has 0 aliphatic rings. The van der Waals surface area contributed by atoms with E-state index < -0.39 is 0 Å². The quantitative estimate of drug-likeness (QED) is 0.685. The molecule has 2 heteroatoms. The molecule has 0 saturated carbocycles. The van der Waals surface area contributed by atoms with E-state index in [1.807, 2.05) is 43.3 Å². The smallest absolute Gasteiger partial charge is 0.0845 e. The Balaban J connectivity index is 2.55. The summed E-state index contributed by atoms with van der Waals surface area (Å²) in [5.74, 6) is -0.0806. The summed E-state index contributed by atoms with van der Waals surface area (Å²) in [4.78, 5) is 0. The molecule has 0 N–H and O–H groups in total. The van der Waals surface area contributed by atoms with Gasteiger partial charge in [0.2, 0.25) is 0 Å². The Morgan fingerprint density at radius 2 is 2.13 bits per heavy atom. The number of allylic oxidation sites excluding steroid dienone is 1. The second-order valence-corrected chi connectivity index (χ2v) is 3.16. The van der Waals surface area contributed by atoms with Crippen molar-refractivity contribution in [1.29, 1.82) is 5.26 Å². The van der Waals surface area contributed by atoms with E-state index in [4.69, 9.17) is 10.00 Å². The fourth-order valence-corrected chi connectivity index (χ4v) is 1.30. The molecule has 2 nitrogen and oxygen atoms in total. The maximum atomic E-state index is 9.01. The molecular formula is C13H15NO. The second-order valence-electron chi connectivity index (χ2n) is 3.16. The molecule has 1 rings (SSSR count). The topological polar surface area (TPSA) is 33.0 Å². The summed E-state index contributed by atoms with van der Waals surface area (Å²) in [7, 11) is 0. The molecular weight excluding hydrogens is 186 g/mol. The Hall–Kier alpha value is -1.75. The Morgan fingerprint density at radius 1 is 1.40 bits per heavy atom. The van der Waals surface area contributed by atoms with Crippen LogP contribution in [0.3, 0.4) is 0 Å². The number of benzene rings is 1. The maximum Gasteiger partial charge on any atom is 0.0845 e. The lowest BCUT2D eigenvalue weighted by atomic mass is 9.97. The summed E-state index contributed by atoms with van der Waals surface area (Å²) in [6, 6.07) is 12.1. The van der Waals surface area contributed by atoms with Crippen LogP contribution in [0.5, 0.6) is 0 Å². The molecule has 0 amide bonds. The highest BCUT2D eigenvalue weighted by molar-refractivity contribution is 5.25. The third-order valence-electron chi connectivity index (χ3n) is 2.09. The van der Waals surface area contributed by atoms with Crippen LogP contribution in [-0.2, 0) is 4.74 Å². The average molecular weight is 201 g/mol. The van der Waals surface area contributed by atoms with Crippen LogP contribution in [-0.4, -0.2) is 6.61 Å². The summed E-state index contributed by atoms with van der Waals surface area (Å²) < 4.78 is 5.07. The van der Waals surface area contributed by atoms with Gasteiger partial charge in [-0.25, -0.2) is 0 Å². The van der Waals surface area contributed by atoms with Crippen LogP contribution in [0.2, 0.25) is 0 Å². The van der Waals surface area contributed by atoms with E-state index in [0.29, 0.717) is 13.0 Å². The van der Waals surface area contributed by atoms with Crippen LogP contribution in [0.15, 0.2) is 42.7 Å². The number of rotatable bonds is 5. The Labute approximate surface area is 90.8 Å². The van der Waals surface area contributed by atoms with E-state index in [1.54, 1.807) is 6.26 Å². The van der Waals surface area contributed by atoms with Crippen molar-refractivity contribution in [3.63, 3.8) is 0 Å². The molecule has 1 atom stereocenters. The van der Waals surface area contributed by atoms with E-state index in [2.05, 4.69) is 6.07 Å². The van der Waals surface area contributed by atoms with Gasteiger partial charge in [-0.1, -0.05) is 30.3 Å². The molecule has 0 aromatic heterocycles. The first kappa shape index (κ1) is 11.3. The first-order valence-corrected chi connectivity index (χ1v) is 5.09. The third kappa shape index (κ3) is 3.86. The zero-order chi connectivity index (χ0) is 10.9. The van der Waals surface area contributed by atoms with Gasteiger partial charge in [-0.05, 0) is 25.0 Å². The van der Waals surface area contributed by atoms with E-state index in [-0.39, 0.29) is 5.92 Å². The fourth-order valence-electron chi connectivity index (χ4n) is 1.30. The minimum atomic E-state index is -0.0806. The average Bonchev–Trinajstić information content (AvgIpc) is 2.30. The van der Waals surface area contributed by atoms with Crippen LogP contribution in [0, 0.1) is 11.3 Å². The first-order chi connectivity index (χ1) is 7.38. The van der Waals surface area contributed by atoms with Crippen molar-refractivity contribution in [2.45, 2.75) is 19.3 Å². The molecule has 1 unspecified atom stereocenters. The first-order valence-electron chi connectivity index (χ1n) is 5.09. The van der Waals surface area contributed by atoms with E-state index in [0.717, 1.165) is 5.56 Å². The molecule has 0 saturated heterocycles. The van der Waals surface area contributed by atoms with Gasteiger partial charge in [-0.3, -0.25) is 0 Å². The van der Waals surface area contributed by atoms with E-state index >= 15 is 0 Å². The Kier molecular flexibility index (Phi) is 5.03. The van der Waals surface area contributed by atoms with Gasteiger partial charge in [0.25, 0.3) is 0 Å². The number of hydrogen-bond donors (Lipinski definition) is 0.